The molecule has 0 aliphatic heterocycles. The maximum Gasteiger partial charge on any atom is 0.143 e. The average molecular weight is 808 g/mol. The number of aromatic nitrogens is 2. The van der Waals surface area contributed by atoms with Gasteiger partial charge in [0.2, 0.25) is 0 Å². The number of furan rings is 2. The molecule has 0 atom stereocenters. The molecule has 9 rings (SSSR count). The zero-order valence-electron chi connectivity index (χ0n) is 33.0. The van der Waals surface area contributed by atoms with Crippen molar-refractivity contribution in [2.24, 2.45) is 0 Å². The van der Waals surface area contributed by atoms with E-state index in [1.807, 2.05) is 56.3 Å². The number of pyridine rings is 2. The normalized spacial score (nSPS) is 14.2. The molecular weight excluding hydrogens is 769 g/mol. The molecule has 4 aromatic heterocycles. The van der Waals surface area contributed by atoms with Crippen molar-refractivity contribution < 1.29 is 38.5 Å². The first-order valence-electron chi connectivity index (χ1n) is 18.7. The van der Waals surface area contributed by atoms with Gasteiger partial charge < -0.3 is 18.8 Å². The Morgan fingerprint density at radius 3 is 2.06 bits per heavy atom. The summed E-state index contributed by atoms with van der Waals surface area (Å²) in [5.41, 5.74) is 7.34. The fourth-order valence-electron chi connectivity index (χ4n) is 5.99. The molecule has 9 aromatic rings. The third kappa shape index (κ3) is 5.60. The van der Waals surface area contributed by atoms with E-state index in [9.17, 15) is 0 Å². The van der Waals surface area contributed by atoms with Crippen LogP contribution in [0, 0.1) is 25.8 Å². The number of para-hydroxylation sites is 1. The first-order valence-corrected chi connectivity index (χ1v) is 15.2. The summed E-state index contributed by atoms with van der Waals surface area (Å²) in [6.45, 7) is -0.584. The summed E-state index contributed by atoms with van der Waals surface area (Å²) in [6, 6.07) is 38.2. The Kier molecular flexibility index (Phi) is 6.45. The molecule has 0 saturated carbocycles. The number of benzene rings is 5. The van der Waals surface area contributed by atoms with E-state index in [1.54, 1.807) is 18.3 Å². The second kappa shape index (κ2) is 12.8. The molecule has 0 aliphatic rings. The van der Waals surface area contributed by atoms with Crippen molar-refractivity contribution in [3.63, 3.8) is 0 Å². The molecule has 237 valence electrons. The Morgan fingerprint density at radius 2 is 1.38 bits per heavy atom. The molecule has 0 N–H and O–H groups in total. The Hall–Kier alpha value is -5.09. The van der Waals surface area contributed by atoms with Gasteiger partial charge >= 0.3 is 0 Å². The van der Waals surface area contributed by atoms with Crippen molar-refractivity contribution in [2.75, 3.05) is 0 Å². The molecule has 0 fully saturated rings. The number of hydrogen-bond donors (Lipinski definition) is 0. The molecule has 0 saturated heterocycles. The van der Waals surface area contributed by atoms with E-state index in [4.69, 9.17) is 18.4 Å². The zero-order valence-corrected chi connectivity index (χ0v) is 28.4. The van der Waals surface area contributed by atoms with Gasteiger partial charge in [0, 0.05) is 69.0 Å². The van der Waals surface area contributed by atoms with Crippen LogP contribution in [0.15, 0.2) is 124 Å². The molecule has 5 aromatic carbocycles. The molecule has 4 heterocycles. The first-order chi connectivity index (χ1) is 25.7. The summed E-state index contributed by atoms with van der Waals surface area (Å²) in [5.74, 6) is -0.715. The van der Waals surface area contributed by atoms with Crippen molar-refractivity contribution in [1.82, 2.24) is 9.97 Å². The standard InChI is InChI=1S/C30H20NO2.C13H12N.Ir/c1-17(2)18-14-15-31-26(16-18)25-8-5-7-20-22-12-13-23-24(29(22)33-30(20)25)11-10-21-19-6-3-4-9-27(19)32-28(21)23;1-10-3-6-12(7-4-10)13-8-5-11(2)9-14-13;/h3-7,9-17H,1-2H3;3-6,8-9H,1-2H3;/q2*-1;/i17D;1D3,2D3;. The number of rotatable bonds is 3. The fraction of sp³-hybridized carbons (Fsp3) is 0.116. The summed E-state index contributed by atoms with van der Waals surface area (Å²) in [6.07, 6.45) is 3.05. The van der Waals surface area contributed by atoms with Gasteiger partial charge in [-0.3, -0.25) is 0 Å². The Labute approximate surface area is 302 Å². The van der Waals surface area contributed by atoms with E-state index >= 15 is 0 Å². The van der Waals surface area contributed by atoms with Crippen LogP contribution in [-0.2, 0) is 20.1 Å². The Morgan fingerprint density at radius 1 is 0.667 bits per heavy atom. The predicted octanol–water partition coefficient (Wildman–Crippen LogP) is 11.8. The van der Waals surface area contributed by atoms with Gasteiger partial charge in [0.25, 0.3) is 0 Å². The van der Waals surface area contributed by atoms with Crippen LogP contribution in [0.5, 0.6) is 0 Å². The van der Waals surface area contributed by atoms with E-state index in [0.717, 1.165) is 71.5 Å². The average Bonchev–Trinajstić information content (AvgIpc) is 3.73. The van der Waals surface area contributed by atoms with Crippen LogP contribution in [0.4, 0.5) is 0 Å². The fourth-order valence-corrected chi connectivity index (χ4v) is 5.99. The second-order valence-corrected chi connectivity index (χ2v) is 11.6. The summed E-state index contributed by atoms with van der Waals surface area (Å²) in [5, 5.41) is 6.33. The van der Waals surface area contributed by atoms with Gasteiger partial charge in [-0.2, -0.15) is 0 Å². The van der Waals surface area contributed by atoms with Crippen molar-refractivity contribution in [2.45, 2.75) is 33.4 Å². The Balaban J connectivity index is 0.000000191. The minimum absolute atomic E-state index is 0. The second-order valence-electron chi connectivity index (χ2n) is 11.6. The predicted molar refractivity (Wildman–Crippen MR) is 193 cm³/mol. The van der Waals surface area contributed by atoms with Crippen LogP contribution in [0.3, 0.4) is 0 Å². The van der Waals surface area contributed by atoms with Crippen LogP contribution in [0.2, 0.25) is 0 Å². The van der Waals surface area contributed by atoms with Crippen molar-refractivity contribution in [1.29, 1.82) is 0 Å². The van der Waals surface area contributed by atoms with Crippen molar-refractivity contribution in [3.8, 4) is 22.5 Å². The van der Waals surface area contributed by atoms with E-state index in [2.05, 4.69) is 52.4 Å². The largest absolute Gasteiger partial charge is 0.500 e. The minimum Gasteiger partial charge on any atom is -0.500 e. The third-order valence-electron chi connectivity index (χ3n) is 8.38. The van der Waals surface area contributed by atoms with E-state index in [-0.39, 0.29) is 31.2 Å². The zero-order chi connectivity index (χ0) is 38.0. The van der Waals surface area contributed by atoms with Gasteiger partial charge in [0.15, 0.2) is 0 Å². The Bertz CT molecular complexity index is 2780. The number of nitrogens with zero attached hydrogens (tertiary/aromatic N) is 2. The van der Waals surface area contributed by atoms with Crippen LogP contribution in [0.25, 0.3) is 77.2 Å². The smallest absolute Gasteiger partial charge is 0.143 e. The summed E-state index contributed by atoms with van der Waals surface area (Å²) in [4.78, 5) is 8.66. The third-order valence-corrected chi connectivity index (χ3v) is 8.38. The van der Waals surface area contributed by atoms with Gasteiger partial charge in [-0.1, -0.05) is 79.7 Å². The molecular formula is C43H32IrN2O2-2. The number of hydrogen-bond acceptors (Lipinski definition) is 4. The number of aryl methyl sites for hydroxylation is 2. The van der Waals surface area contributed by atoms with Crippen LogP contribution < -0.4 is 0 Å². The maximum absolute atomic E-state index is 8.41. The SMILES string of the molecule is [2H]C(C)(C)c1ccnc(-c2[c-]ccc3c2oc2c3ccc3c2ccc2c4ccccc4oc23)c1.[2H]C([2H])([2H])c1c[c-]c(-c2ccc(C([2H])([2H])[2H])cn2)cc1.[Ir]. The summed E-state index contributed by atoms with van der Waals surface area (Å²) in [7, 11) is 0. The molecule has 0 unspecified atom stereocenters. The summed E-state index contributed by atoms with van der Waals surface area (Å²) < 4.78 is 64.8. The first kappa shape index (κ1) is 24.1. The minimum atomic E-state index is -2.18. The number of fused-ring (bicyclic) bond motifs is 9. The maximum atomic E-state index is 8.41. The van der Waals surface area contributed by atoms with Crippen LogP contribution in [0.1, 0.15) is 46.0 Å². The monoisotopic (exact) mass is 808 g/mol. The molecule has 0 amide bonds. The van der Waals surface area contributed by atoms with Gasteiger partial charge in [-0.15, -0.1) is 53.6 Å². The van der Waals surface area contributed by atoms with Crippen molar-refractivity contribution >= 4 is 54.6 Å². The molecule has 0 aliphatic carbocycles. The van der Waals surface area contributed by atoms with Crippen LogP contribution in [-0.4, -0.2) is 9.97 Å². The molecule has 0 spiro atoms. The van der Waals surface area contributed by atoms with Crippen molar-refractivity contribution in [3.05, 3.63) is 144 Å². The van der Waals surface area contributed by atoms with E-state index in [0.29, 0.717) is 11.3 Å². The molecule has 48 heavy (non-hydrogen) atoms. The van der Waals surface area contributed by atoms with Gasteiger partial charge in [-0.25, -0.2) is 0 Å². The van der Waals surface area contributed by atoms with Gasteiger partial charge in [-0.05, 0) is 60.0 Å². The molecule has 5 heteroatoms. The van der Waals surface area contributed by atoms with E-state index < -0.39 is 19.6 Å². The van der Waals surface area contributed by atoms with E-state index in [1.165, 1.54) is 24.4 Å². The van der Waals surface area contributed by atoms with Crippen LogP contribution >= 0.6 is 0 Å². The summed E-state index contributed by atoms with van der Waals surface area (Å²) >= 11 is 0. The quantitative estimate of drug-likeness (QED) is 0.167. The van der Waals surface area contributed by atoms with Gasteiger partial charge in [0.05, 0.1) is 5.58 Å². The molecule has 0 bridgehead atoms. The topological polar surface area (TPSA) is 52.1 Å². The van der Waals surface area contributed by atoms with Gasteiger partial charge in [0.1, 0.15) is 16.7 Å². The molecule has 1 radical (unpaired) electrons. The molecule has 4 nitrogen and oxygen atoms in total.